The van der Waals surface area contributed by atoms with Crippen LogP contribution in [0.1, 0.15) is 50.3 Å². The van der Waals surface area contributed by atoms with E-state index in [0.717, 1.165) is 29.8 Å². The summed E-state index contributed by atoms with van der Waals surface area (Å²) in [5.74, 6) is -0.151. The smallest absolute Gasteiger partial charge is 0.245 e. The number of benzene rings is 2. The fourth-order valence-electron chi connectivity index (χ4n) is 4.04. The van der Waals surface area contributed by atoms with Crippen LogP contribution in [0, 0.1) is 6.92 Å². The van der Waals surface area contributed by atoms with Crippen LogP contribution in [0.4, 0.5) is 11.4 Å². The van der Waals surface area contributed by atoms with Gasteiger partial charge in [0.1, 0.15) is 6.04 Å². The van der Waals surface area contributed by atoms with Crippen molar-refractivity contribution in [3.63, 3.8) is 0 Å². The van der Waals surface area contributed by atoms with E-state index in [1.54, 1.807) is 14.0 Å². The van der Waals surface area contributed by atoms with Gasteiger partial charge in [-0.15, -0.1) is 0 Å². The number of rotatable bonds is 8. The topological polar surface area (TPSA) is 73.5 Å². The van der Waals surface area contributed by atoms with Gasteiger partial charge < -0.3 is 20.9 Å². The molecule has 2 amide bonds. The van der Waals surface area contributed by atoms with E-state index in [-0.39, 0.29) is 23.9 Å². The lowest BCUT2D eigenvalue weighted by atomic mass is 10.0. The summed E-state index contributed by atoms with van der Waals surface area (Å²) < 4.78 is 0. The molecule has 1 aliphatic rings. The summed E-state index contributed by atoms with van der Waals surface area (Å²) in [5.41, 5.74) is 4.39. The summed E-state index contributed by atoms with van der Waals surface area (Å²) in [5, 5.41) is 9.33. The Morgan fingerprint density at radius 2 is 1.94 bits per heavy atom. The molecular weight excluding hydrogens is 388 g/mol. The largest absolute Gasteiger partial charge is 0.355 e. The molecule has 2 aromatic rings. The second-order valence-electron chi connectivity index (χ2n) is 8.23. The second-order valence-corrected chi connectivity index (χ2v) is 8.23. The summed E-state index contributed by atoms with van der Waals surface area (Å²) in [6, 6.07) is 15.7. The molecule has 3 rings (SSSR count). The Labute approximate surface area is 185 Å². The van der Waals surface area contributed by atoms with Crippen LogP contribution in [0.15, 0.2) is 48.5 Å². The maximum absolute atomic E-state index is 13.3. The van der Waals surface area contributed by atoms with E-state index in [2.05, 4.69) is 47.1 Å². The lowest BCUT2D eigenvalue weighted by molar-refractivity contribution is -0.137. The fraction of sp³-hybridized carbons (Fsp3) is 0.440. The number of carbonyl (C=O) groups excluding carboxylic acids is 2. The van der Waals surface area contributed by atoms with E-state index in [0.29, 0.717) is 13.0 Å². The van der Waals surface area contributed by atoms with Crippen LogP contribution in [-0.2, 0) is 9.59 Å². The first kappa shape index (κ1) is 22.8. The standard InChI is InChI=1S/C25H34N4O2/c1-5-21(28-24(30)18(3)26-4)25(31)29-15-9-14-23(29)19-11-8-12-20(16-19)27-22-13-7-6-10-17(22)2/h6-8,10-13,16,18,21,23,26-27H,5,9,14-15H2,1-4H3,(H,28,30)/t18-,21-,23-/m0/s1. The Morgan fingerprint density at radius 3 is 2.65 bits per heavy atom. The zero-order valence-corrected chi connectivity index (χ0v) is 18.9. The molecule has 1 fully saturated rings. The van der Waals surface area contributed by atoms with Crippen LogP contribution in [0.3, 0.4) is 0 Å². The van der Waals surface area contributed by atoms with Crippen LogP contribution in [0.2, 0.25) is 0 Å². The van der Waals surface area contributed by atoms with Crippen molar-refractivity contribution in [3.8, 4) is 0 Å². The Balaban J connectivity index is 1.75. The number of para-hydroxylation sites is 1. The fourth-order valence-corrected chi connectivity index (χ4v) is 4.04. The van der Waals surface area contributed by atoms with E-state index in [9.17, 15) is 9.59 Å². The molecule has 0 aliphatic carbocycles. The zero-order chi connectivity index (χ0) is 22.4. The van der Waals surface area contributed by atoms with Gasteiger partial charge in [0.2, 0.25) is 11.8 Å². The highest BCUT2D eigenvalue weighted by atomic mass is 16.2. The molecule has 1 saturated heterocycles. The molecule has 0 unspecified atom stereocenters. The minimum absolute atomic E-state index is 0.00100. The van der Waals surface area contributed by atoms with Gasteiger partial charge in [-0.2, -0.15) is 0 Å². The molecule has 31 heavy (non-hydrogen) atoms. The van der Waals surface area contributed by atoms with Crippen LogP contribution < -0.4 is 16.0 Å². The summed E-state index contributed by atoms with van der Waals surface area (Å²) >= 11 is 0. The molecule has 1 aliphatic heterocycles. The summed E-state index contributed by atoms with van der Waals surface area (Å²) in [6.45, 7) is 6.52. The van der Waals surface area contributed by atoms with Crippen LogP contribution in [0.25, 0.3) is 0 Å². The molecule has 3 atom stereocenters. The average Bonchev–Trinajstić information content (AvgIpc) is 3.28. The molecule has 0 aromatic heterocycles. The average molecular weight is 423 g/mol. The number of hydrogen-bond acceptors (Lipinski definition) is 4. The number of likely N-dealkylation sites (tertiary alicyclic amines) is 1. The van der Waals surface area contributed by atoms with Crippen molar-refractivity contribution >= 4 is 23.2 Å². The molecule has 166 valence electrons. The Bertz CT molecular complexity index is 914. The summed E-state index contributed by atoms with van der Waals surface area (Å²) in [6.07, 6.45) is 2.46. The number of aryl methyl sites for hydroxylation is 1. The highest BCUT2D eigenvalue weighted by Crippen LogP contribution is 2.34. The molecule has 3 N–H and O–H groups in total. The van der Waals surface area contributed by atoms with Gasteiger partial charge in [0.05, 0.1) is 12.1 Å². The van der Waals surface area contributed by atoms with Gasteiger partial charge in [0, 0.05) is 17.9 Å². The number of likely N-dealkylation sites (N-methyl/N-ethyl adjacent to an activating group) is 1. The van der Waals surface area contributed by atoms with Crippen molar-refractivity contribution in [2.45, 2.75) is 58.2 Å². The van der Waals surface area contributed by atoms with Gasteiger partial charge >= 0.3 is 0 Å². The zero-order valence-electron chi connectivity index (χ0n) is 18.9. The number of nitrogens with zero attached hydrogens (tertiary/aromatic N) is 1. The lowest BCUT2D eigenvalue weighted by Crippen LogP contribution is -2.52. The van der Waals surface area contributed by atoms with Crippen molar-refractivity contribution in [1.82, 2.24) is 15.5 Å². The minimum Gasteiger partial charge on any atom is -0.355 e. The number of nitrogens with one attached hydrogen (secondary N) is 3. The molecule has 1 heterocycles. The number of amides is 2. The monoisotopic (exact) mass is 422 g/mol. The van der Waals surface area contributed by atoms with E-state index < -0.39 is 6.04 Å². The van der Waals surface area contributed by atoms with E-state index in [1.807, 2.05) is 36.1 Å². The summed E-state index contributed by atoms with van der Waals surface area (Å²) in [7, 11) is 1.74. The third-order valence-electron chi connectivity index (χ3n) is 6.08. The normalized spacial score (nSPS) is 17.8. The molecular formula is C25H34N4O2. The third kappa shape index (κ3) is 5.44. The highest BCUT2D eigenvalue weighted by Gasteiger charge is 2.34. The van der Waals surface area contributed by atoms with Crippen molar-refractivity contribution in [2.75, 3.05) is 18.9 Å². The first-order valence-electron chi connectivity index (χ1n) is 11.1. The van der Waals surface area contributed by atoms with Crippen molar-refractivity contribution in [3.05, 3.63) is 59.7 Å². The molecule has 0 radical (unpaired) electrons. The van der Waals surface area contributed by atoms with Crippen molar-refractivity contribution < 1.29 is 9.59 Å². The van der Waals surface area contributed by atoms with Gasteiger partial charge in [0.15, 0.2) is 0 Å². The molecule has 0 spiro atoms. The first-order chi connectivity index (χ1) is 14.9. The quantitative estimate of drug-likeness (QED) is 0.603. The minimum atomic E-state index is -0.503. The number of carbonyl (C=O) groups is 2. The van der Waals surface area contributed by atoms with Crippen LogP contribution in [0.5, 0.6) is 0 Å². The molecule has 6 nitrogen and oxygen atoms in total. The Kier molecular flexibility index (Phi) is 7.69. The predicted octanol–water partition coefficient (Wildman–Crippen LogP) is 3.90. The molecule has 2 aromatic carbocycles. The predicted molar refractivity (Wildman–Crippen MR) is 125 cm³/mol. The van der Waals surface area contributed by atoms with Crippen molar-refractivity contribution in [1.29, 1.82) is 0 Å². The maximum Gasteiger partial charge on any atom is 0.245 e. The third-order valence-corrected chi connectivity index (χ3v) is 6.08. The second kappa shape index (κ2) is 10.4. The van der Waals surface area contributed by atoms with Gasteiger partial charge in [-0.25, -0.2) is 0 Å². The van der Waals surface area contributed by atoms with Crippen LogP contribution >= 0.6 is 0 Å². The van der Waals surface area contributed by atoms with Crippen LogP contribution in [-0.4, -0.2) is 42.4 Å². The maximum atomic E-state index is 13.3. The molecule has 0 saturated carbocycles. The Hall–Kier alpha value is -2.86. The first-order valence-corrected chi connectivity index (χ1v) is 11.1. The highest BCUT2D eigenvalue weighted by molar-refractivity contribution is 5.90. The molecule has 6 heteroatoms. The van der Waals surface area contributed by atoms with E-state index in [1.165, 1.54) is 5.56 Å². The number of hydrogen-bond donors (Lipinski definition) is 3. The van der Waals surface area contributed by atoms with Gasteiger partial charge in [-0.05, 0) is 69.5 Å². The lowest BCUT2D eigenvalue weighted by Gasteiger charge is -2.30. The number of anilines is 2. The van der Waals surface area contributed by atoms with Crippen molar-refractivity contribution in [2.24, 2.45) is 0 Å². The van der Waals surface area contributed by atoms with E-state index in [4.69, 9.17) is 0 Å². The van der Waals surface area contributed by atoms with Gasteiger partial charge in [-0.1, -0.05) is 37.3 Å². The van der Waals surface area contributed by atoms with Gasteiger partial charge in [0.25, 0.3) is 0 Å². The summed E-state index contributed by atoms with van der Waals surface area (Å²) in [4.78, 5) is 27.5. The Morgan fingerprint density at radius 1 is 1.16 bits per heavy atom. The SMILES string of the molecule is CC[C@H](NC(=O)[C@H](C)NC)C(=O)N1CCC[C@H]1c1cccc(Nc2ccccc2C)c1. The van der Waals surface area contributed by atoms with Gasteiger partial charge in [-0.3, -0.25) is 9.59 Å². The van der Waals surface area contributed by atoms with E-state index >= 15 is 0 Å². The molecule has 0 bridgehead atoms.